The van der Waals surface area contributed by atoms with E-state index in [0.717, 1.165) is 11.3 Å². The summed E-state index contributed by atoms with van der Waals surface area (Å²) < 4.78 is 0. The molecule has 0 aromatic heterocycles. The van der Waals surface area contributed by atoms with Crippen LogP contribution >= 0.6 is 0 Å². The molecule has 0 heteroatoms. The number of hydrogen-bond acceptors (Lipinski definition) is 0. The van der Waals surface area contributed by atoms with Crippen molar-refractivity contribution < 1.29 is 0 Å². The summed E-state index contributed by atoms with van der Waals surface area (Å²) >= 11 is 0. The van der Waals surface area contributed by atoms with Gasteiger partial charge in [0.15, 0.2) is 0 Å². The maximum absolute atomic E-state index is 2.46. The third-order valence-corrected chi connectivity index (χ3v) is 3.12. The SMILES string of the molecule is CC(C)CCCC1(C)CCC1. The Balaban J connectivity index is 2.02. The molecule has 0 unspecified atom stereocenters. The Morgan fingerprint density at radius 1 is 1.27 bits per heavy atom. The van der Waals surface area contributed by atoms with Crippen molar-refractivity contribution in [3.8, 4) is 0 Å². The lowest BCUT2D eigenvalue weighted by atomic mass is 9.67. The third-order valence-electron chi connectivity index (χ3n) is 3.12. The molecule has 0 spiro atoms. The Morgan fingerprint density at radius 2 is 1.91 bits per heavy atom. The molecule has 0 N–H and O–H groups in total. The zero-order valence-electron chi connectivity index (χ0n) is 8.32. The van der Waals surface area contributed by atoms with Crippen molar-refractivity contribution >= 4 is 0 Å². The fourth-order valence-corrected chi connectivity index (χ4v) is 1.97. The second-order valence-corrected chi connectivity index (χ2v) is 4.95. The van der Waals surface area contributed by atoms with Gasteiger partial charge in [0.2, 0.25) is 0 Å². The summed E-state index contributed by atoms with van der Waals surface area (Å²) in [7, 11) is 0. The fourth-order valence-electron chi connectivity index (χ4n) is 1.97. The van der Waals surface area contributed by atoms with Crippen LogP contribution in [0.15, 0.2) is 0 Å². The molecule has 0 bridgehead atoms. The normalized spacial score (nSPS) is 21.8. The van der Waals surface area contributed by atoms with E-state index in [0.29, 0.717) is 0 Å². The lowest BCUT2D eigenvalue weighted by Crippen LogP contribution is -2.25. The summed E-state index contributed by atoms with van der Waals surface area (Å²) in [5, 5.41) is 0. The summed E-state index contributed by atoms with van der Waals surface area (Å²) in [5.41, 5.74) is 0.759. The molecule has 11 heavy (non-hydrogen) atoms. The molecule has 1 aliphatic rings. The summed E-state index contributed by atoms with van der Waals surface area (Å²) in [6, 6.07) is 0. The van der Waals surface area contributed by atoms with E-state index in [2.05, 4.69) is 20.8 Å². The van der Waals surface area contributed by atoms with Gasteiger partial charge in [-0.1, -0.05) is 40.0 Å². The monoisotopic (exact) mass is 154 g/mol. The molecule has 0 saturated heterocycles. The second-order valence-electron chi connectivity index (χ2n) is 4.95. The maximum atomic E-state index is 2.46. The van der Waals surface area contributed by atoms with E-state index in [1.807, 2.05) is 0 Å². The minimum atomic E-state index is 0.759. The smallest absolute Gasteiger partial charge is 0.0326 e. The lowest BCUT2D eigenvalue weighted by molar-refractivity contribution is 0.139. The van der Waals surface area contributed by atoms with Crippen molar-refractivity contribution in [2.24, 2.45) is 11.3 Å². The number of rotatable bonds is 4. The Labute approximate surface area is 71.4 Å². The van der Waals surface area contributed by atoms with E-state index in [1.54, 1.807) is 0 Å². The first-order chi connectivity index (χ1) is 5.12. The van der Waals surface area contributed by atoms with Crippen LogP contribution in [0, 0.1) is 11.3 Å². The second kappa shape index (κ2) is 3.60. The lowest BCUT2D eigenvalue weighted by Gasteiger charge is -2.38. The highest BCUT2D eigenvalue weighted by Crippen LogP contribution is 2.44. The average molecular weight is 154 g/mol. The fraction of sp³-hybridized carbons (Fsp3) is 1.00. The van der Waals surface area contributed by atoms with E-state index >= 15 is 0 Å². The first kappa shape index (κ1) is 9.09. The minimum absolute atomic E-state index is 0.759. The van der Waals surface area contributed by atoms with E-state index in [4.69, 9.17) is 0 Å². The van der Waals surface area contributed by atoms with Gasteiger partial charge in [0.05, 0.1) is 0 Å². The first-order valence-corrected chi connectivity index (χ1v) is 5.12. The van der Waals surface area contributed by atoms with Crippen molar-refractivity contribution in [1.29, 1.82) is 0 Å². The molecule has 0 heterocycles. The summed E-state index contributed by atoms with van der Waals surface area (Å²) in [4.78, 5) is 0. The van der Waals surface area contributed by atoms with Crippen LogP contribution in [-0.4, -0.2) is 0 Å². The van der Waals surface area contributed by atoms with Crippen LogP contribution < -0.4 is 0 Å². The largest absolute Gasteiger partial charge is 0.0628 e. The van der Waals surface area contributed by atoms with Gasteiger partial charge in [-0.05, 0) is 30.6 Å². The Morgan fingerprint density at radius 3 is 2.27 bits per heavy atom. The molecule has 0 nitrogen and oxygen atoms in total. The Kier molecular flexibility index (Phi) is 2.98. The van der Waals surface area contributed by atoms with Gasteiger partial charge in [0, 0.05) is 0 Å². The standard InChI is InChI=1S/C11H22/c1-10(2)6-4-7-11(3)8-5-9-11/h10H,4-9H2,1-3H3. The zero-order valence-corrected chi connectivity index (χ0v) is 8.32. The van der Waals surface area contributed by atoms with E-state index in [-0.39, 0.29) is 0 Å². The quantitative estimate of drug-likeness (QED) is 0.574. The van der Waals surface area contributed by atoms with Gasteiger partial charge in [-0.25, -0.2) is 0 Å². The molecule has 1 fully saturated rings. The van der Waals surface area contributed by atoms with Crippen molar-refractivity contribution in [3.05, 3.63) is 0 Å². The third kappa shape index (κ3) is 2.84. The molecule has 0 aromatic carbocycles. The van der Waals surface area contributed by atoms with Gasteiger partial charge in [0.1, 0.15) is 0 Å². The zero-order chi connectivity index (χ0) is 8.32. The van der Waals surface area contributed by atoms with Gasteiger partial charge in [-0.15, -0.1) is 0 Å². The van der Waals surface area contributed by atoms with Gasteiger partial charge >= 0.3 is 0 Å². The highest BCUT2D eigenvalue weighted by Gasteiger charge is 2.30. The predicted molar refractivity (Wildman–Crippen MR) is 50.6 cm³/mol. The van der Waals surface area contributed by atoms with Gasteiger partial charge < -0.3 is 0 Å². The molecule has 0 aromatic rings. The topological polar surface area (TPSA) is 0 Å². The summed E-state index contributed by atoms with van der Waals surface area (Å²) in [6.45, 7) is 7.10. The predicted octanol–water partition coefficient (Wildman–Crippen LogP) is 4.00. The highest BCUT2D eigenvalue weighted by atomic mass is 14.4. The van der Waals surface area contributed by atoms with Crippen molar-refractivity contribution in [2.75, 3.05) is 0 Å². The van der Waals surface area contributed by atoms with Crippen molar-refractivity contribution in [1.82, 2.24) is 0 Å². The summed E-state index contributed by atoms with van der Waals surface area (Å²) in [5.74, 6) is 0.902. The van der Waals surface area contributed by atoms with E-state index in [9.17, 15) is 0 Å². The Hall–Kier alpha value is 0. The van der Waals surface area contributed by atoms with Crippen LogP contribution in [0.5, 0.6) is 0 Å². The van der Waals surface area contributed by atoms with Gasteiger partial charge in [-0.2, -0.15) is 0 Å². The first-order valence-electron chi connectivity index (χ1n) is 5.12. The van der Waals surface area contributed by atoms with Gasteiger partial charge in [-0.3, -0.25) is 0 Å². The van der Waals surface area contributed by atoms with Crippen LogP contribution in [0.2, 0.25) is 0 Å². The molecular formula is C11H22. The molecule has 0 amide bonds. The Bertz CT molecular complexity index is 109. The van der Waals surface area contributed by atoms with E-state index < -0.39 is 0 Å². The molecule has 0 aliphatic heterocycles. The van der Waals surface area contributed by atoms with Crippen LogP contribution in [0.25, 0.3) is 0 Å². The van der Waals surface area contributed by atoms with Crippen LogP contribution in [0.1, 0.15) is 59.3 Å². The molecular weight excluding hydrogens is 132 g/mol. The molecule has 1 saturated carbocycles. The van der Waals surface area contributed by atoms with Crippen LogP contribution in [0.4, 0.5) is 0 Å². The molecule has 1 aliphatic carbocycles. The van der Waals surface area contributed by atoms with Crippen LogP contribution in [0.3, 0.4) is 0 Å². The minimum Gasteiger partial charge on any atom is -0.0628 e. The number of hydrogen-bond donors (Lipinski definition) is 0. The summed E-state index contributed by atoms with van der Waals surface area (Å²) in [6.07, 6.45) is 8.82. The van der Waals surface area contributed by atoms with Crippen molar-refractivity contribution in [3.63, 3.8) is 0 Å². The average Bonchev–Trinajstić information content (AvgIpc) is 1.83. The molecule has 0 radical (unpaired) electrons. The van der Waals surface area contributed by atoms with Crippen LogP contribution in [-0.2, 0) is 0 Å². The van der Waals surface area contributed by atoms with Crippen molar-refractivity contribution in [2.45, 2.75) is 59.3 Å². The van der Waals surface area contributed by atoms with Gasteiger partial charge in [0.25, 0.3) is 0 Å². The molecule has 0 atom stereocenters. The molecule has 66 valence electrons. The molecule has 1 rings (SSSR count). The maximum Gasteiger partial charge on any atom is -0.0326 e. The van der Waals surface area contributed by atoms with E-state index in [1.165, 1.54) is 38.5 Å². The highest BCUT2D eigenvalue weighted by molar-refractivity contribution is 4.82.